The molecule has 3 rings (SSSR count). The minimum atomic E-state index is 0.611. The number of rotatable bonds is 2. The number of nitrogens with zero attached hydrogens (tertiary/aromatic N) is 3. The Hall–Kier alpha value is -2.38. The summed E-state index contributed by atoms with van der Waals surface area (Å²) in [6, 6.07) is 10.4. The smallest absolute Gasteiger partial charge is 0.134 e. The highest BCUT2D eigenvalue weighted by molar-refractivity contribution is 7.11. The Morgan fingerprint density at radius 1 is 1.40 bits per heavy atom. The van der Waals surface area contributed by atoms with Crippen LogP contribution in [0.4, 0.5) is 0 Å². The average Bonchev–Trinajstić information content (AvgIpc) is 3.01. The Bertz CT molecular complexity index is 846. The predicted molar refractivity (Wildman–Crippen MR) is 83.3 cm³/mol. The minimum Gasteiger partial charge on any atom is -0.350 e. The molecule has 98 valence electrons. The molecule has 0 spiro atoms. The number of aromatic nitrogens is 2. The van der Waals surface area contributed by atoms with Crippen molar-refractivity contribution in [3.05, 3.63) is 52.1 Å². The third-order valence-corrected chi connectivity index (χ3v) is 4.19. The molecule has 0 atom stereocenters. The second-order valence-electron chi connectivity index (χ2n) is 4.68. The normalized spacial score (nSPS) is 11.8. The van der Waals surface area contributed by atoms with Gasteiger partial charge in [0.1, 0.15) is 11.1 Å². The van der Waals surface area contributed by atoms with Crippen molar-refractivity contribution in [2.45, 2.75) is 6.92 Å². The van der Waals surface area contributed by atoms with Gasteiger partial charge in [0.05, 0.1) is 5.57 Å². The maximum atomic E-state index is 9.37. The lowest BCUT2D eigenvalue weighted by Crippen LogP contribution is -1.82. The van der Waals surface area contributed by atoms with Gasteiger partial charge >= 0.3 is 0 Å². The first-order chi connectivity index (χ1) is 9.69. The van der Waals surface area contributed by atoms with Crippen molar-refractivity contribution in [2.24, 2.45) is 7.05 Å². The lowest BCUT2D eigenvalue weighted by molar-refractivity contribution is 0.968. The van der Waals surface area contributed by atoms with Crippen LogP contribution in [-0.4, -0.2) is 9.55 Å². The summed E-state index contributed by atoms with van der Waals surface area (Å²) in [5.41, 5.74) is 3.77. The van der Waals surface area contributed by atoms with Crippen LogP contribution >= 0.6 is 11.3 Å². The fourth-order valence-electron chi connectivity index (χ4n) is 2.26. The fraction of sp³-hybridized carbons (Fsp3) is 0.125. The van der Waals surface area contributed by atoms with Crippen molar-refractivity contribution in [2.75, 3.05) is 0 Å². The zero-order valence-corrected chi connectivity index (χ0v) is 12.1. The van der Waals surface area contributed by atoms with Crippen molar-refractivity contribution in [3.63, 3.8) is 0 Å². The Morgan fingerprint density at radius 3 is 2.90 bits per heavy atom. The molecule has 0 aliphatic rings. The van der Waals surface area contributed by atoms with Crippen LogP contribution in [0.1, 0.15) is 16.3 Å². The van der Waals surface area contributed by atoms with E-state index in [-0.39, 0.29) is 0 Å². The van der Waals surface area contributed by atoms with Crippen molar-refractivity contribution in [1.82, 2.24) is 9.55 Å². The Balaban J connectivity index is 2.16. The first kappa shape index (κ1) is 12.6. The van der Waals surface area contributed by atoms with E-state index < -0.39 is 0 Å². The fourth-order valence-corrected chi connectivity index (χ4v) is 3.03. The van der Waals surface area contributed by atoms with Crippen LogP contribution in [0.3, 0.4) is 0 Å². The minimum absolute atomic E-state index is 0.611. The number of allylic oxidation sites excluding steroid dienone is 1. The SMILES string of the molecule is Cc1csc(/C(C#N)=C\c2cn(C)c3ccccc23)n1. The van der Waals surface area contributed by atoms with Crippen LogP contribution in [0.5, 0.6) is 0 Å². The molecule has 3 aromatic rings. The number of thiazole rings is 1. The zero-order chi connectivity index (χ0) is 14.1. The summed E-state index contributed by atoms with van der Waals surface area (Å²) < 4.78 is 2.07. The summed E-state index contributed by atoms with van der Waals surface area (Å²) in [5.74, 6) is 0. The van der Waals surface area contributed by atoms with E-state index in [1.807, 2.05) is 43.8 Å². The van der Waals surface area contributed by atoms with Gasteiger partial charge in [0.2, 0.25) is 0 Å². The van der Waals surface area contributed by atoms with E-state index in [9.17, 15) is 5.26 Å². The monoisotopic (exact) mass is 279 g/mol. The van der Waals surface area contributed by atoms with Gasteiger partial charge in [-0.05, 0) is 19.1 Å². The third-order valence-electron chi connectivity index (χ3n) is 3.20. The highest BCUT2D eigenvalue weighted by atomic mass is 32.1. The van der Waals surface area contributed by atoms with Gasteiger partial charge in [0, 0.05) is 40.8 Å². The molecule has 0 N–H and O–H groups in total. The van der Waals surface area contributed by atoms with Crippen LogP contribution in [0.25, 0.3) is 22.6 Å². The number of nitriles is 1. The lowest BCUT2D eigenvalue weighted by Gasteiger charge is -1.94. The predicted octanol–water partition coefficient (Wildman–Crippen LogP) is 4.01. The number of fused-ring (bicyclic) bond motifs is 1. The molecule has 4 heteroatoms. The van der Waals surface area contributed by atoms with Crippen LogP contribution in [0.15, 0.2) is 35.8 Å². The molecule has 2 heterocycles. The molecule has 0 unspecified atom stereocenters. The van der Waals surface area contributed by atoms with Gasteiger partial charge in [-0.2, -0.15) is 5.26 Å². The third kappa shape index (κ3) is 2.13. The standard InChI is InChI=1S/C16H13N3S/c1-11-10-20-16(18-11)12(8-17)7-13-9-19(2)15-6-4-3-5-14(13)15/h3-7,9-10H,1-2H3/b12-7-. The second-order valence-corrected chi connectivity index (χ2v) is 5.53. The molecule has 0 fully saturated rings. The number of aryl methyl sites for hydroxylation is 2. The van der Waals surface area contributed by atoms with E-state index in [2.05, 4.69) is 27.8 Å². The van der Waals surface area contributed by atoms with Gasteiger partial charge in [-0.25, -0.2) is 4.98 Å². The summed E-state index contributed by atoms with van der Waals surface area (Å²) in [4.78, 5) is 4.39. The van der Waals surface area contributed by atoms with Gasteiger partial charge in [0.25, 0.3) is 0 Å². The van der Waals surface area contributed by atoms with Crippen LogP contribution < -0.4 is 0 Å². The molecule has 20 heavy (non-hydrogen) atoms. The van der Waals surface area contributed by atoms with Crippen LogP contribution in [0, 0.1) is 18.3 Å². The molecular formula is C16H13N3S. The van der Waals surface area contributed by atoms with E-state index >= 15 is 0 Å². The van der Waals surface area contributed by atoms with E-state index in [1.54, 1.807) is 0 Å². The number of benzene rings is 1. The lowest BCUT2D eigenvalue weighted by atomic mass is 10.1. The Labute approximate surface area is 121 Å². The zero-order valence-electron chi connectivity index (χ0n) is 11.3. The summed E-state index contributed by atoms with van der Waals surface area (Å²) in [6.07, 6.45) is 3.96. The maximum absolute atomic E-state index is 9.37. The molecule has 3 nitrogen and oxygen atoms in total. The molecule has 1 aromatic carbocycles. The van der Waals surface area contributed by atoms with Crippen molar-refractivity contribution in [1.29, 1.82) is 5.26 Å². The van der Waals surface area contributed by atoms with Gasteiger partial charge in [0.15, 0.2) is 0 Å². The number of hydrogen-bond donors (Lipinski definition) is 0. The van der Waals surface area contributed by atoms with E-state index in [4.69, 9.17) is 0 Å². The summed E-state index contributed by atoms with van der Waals surface area (Å²) in [6.45, 7) is 1.94. The first-order valence-electron chi connectivity index (χ1n) is 6.27. The Morgan fingerprint density at radius 2 is 2.20 bits per heavy atom. The summed E-state index contributed by atoms with van der Waals surface area (Å²) >= 11 is 1.50. The summed E-state index contributed by atoms with van der Waals surface area (Å²) in [5, 5.41) is 13.3. The largest absolute Gasteiger partial charge is 0.350 e. The van der Waals surface area contributed by atoms with Crippen molar-refractivity contribution < 1.29 is 0 Å². The van der Waals surface area contributed by atoms with Gasteiger partial charge < -0.3 is 4.57 Å². The molecular weight excluding hydrogens is 266 g/mol. The van der Waals surface area contributed by atoms with Gasteiger partial charge in [-0.1, -0.05) is 18.2 Å². The maximum Gasteiger partial charge on any atom is 0.134 e. The molecule has 0 amide bonds. The Kier molecular flexibility index (Phi) is 3.13. The first-order valence-corrected chi connectivity index (χ1v) is 7.15. The molecule has 0 radical (unpaired) electrons. The van der Waals surface area contributed by atoms with E-state index in [0.29, 0.717) is 5.57 Å². The summed E-state index contributed by atoms with van der Waals surface area (Å²) in [7, 11) is 2.01. The highest BCUT2D eigenvalue weighted by Gasteiger charge is 2.09. The van der Waals surface area contributed by atoms with Crippen LogP contribution in [0.2, 0.25) is 0 Å². The second kappa shape index (κ2) is 4.95. The van der Waals surface area contributed by atoms with Crippen molar-refractivity contribution >= 4 is 33.9 Å². The van der Waals surface area contributed by atoms with E-state index in [0.717, 1.165) is 27.2 Å². The molecule has 0 saturated carbocycles. The van der Waals surface area contributed by atoms with Gasteiger partial charge in [-0.3, -0.25) is 0 Å². The average molecular weight is 279 g/mol. The van der Waals surface area contributed by atoms with E-state index in [1.165, 1.54) is 11.3 Å². The molecule has 0 aliphatic carbocycles. The molecule has 0 aliphatic heterocycles. The van der Waals surface area contributed by atoms with Crippen molar-refractivity contribution in [3.8, 4) is 6.07 Å². The number of hydrogen-bond acceptors (Lipinski definition) is 3. The topological polar surface area (TPSA) is 41.6 Å². The molecule has 0 saturated heterocycles. The van der Waals surface area contributed by atoms with Crippen LogP contribution in [-0.2, 0) is 7.05 Å². The molecule has 2 aromatic heterocycles. The highest BCUT2D eigenvalue weighted by Crippen LogP contribution is 2.26. The quantitative estimate of drug-likeness (QED) is 0.665. The number of para-hydroxylation sites is 1. The molecule has 0 bridgehead atoms. The van der Waals surface area contributed by atoms with Gasteiger partial charge in [-0.15, -0.1) is 11.3 Å².